The summed E-state index contributed by atoms with van der Waals surface area (Å²) in [6.45, 7) is 2.68. The minimum absolute atomic E-state index is 0.681. The summed E-state index contributed by atoms with van der Waals surface area (Å²) < 4.78 is 0. The maximum Gasteiger partial charge on any atom is 0.0593 e. The summed E-state index contributed by atoms with van der Waals surface area (Å²) in [6.07, 6.45) is 0.990. The highest BCUT2D eigenvalue weighted by molar-refractivity contribution is 4.24. The van der Waals surface area contributed by atoms with Crippen molar-refractivity contribution >= 4 is 0 Å². The van der Waals surface area contributed by atoms with Crippen LogP contribution in [0, 0.1) is 5.53 Å². The summed E-state index contributed by atoms with van der Waals surface area (Å²) in [7, 11) is 0. The van der Waals surface area contributed by atoms with E-state index < -0.39 is 0 Å². The molecule has 0 radical (unpaired) electrons. The molecule has 0 spiro atoms. The highest BCUT2D eigenvalue weighted by atomic mass is 14.9. The van der Waals surface area contributed by atoms with Gasteiger partial charge in [-0.15, -0.1) is 0 Å². The third-order valence-electron chi connectivity index (χ3n) is 0.335. The quantitative estimate of drug-likeness (QED) is 0.479. The maximum absolute atomic E-state index is 6.23. The van der Waals surface area contributed by atoms with Crippen molar-refractivity contribution in [2.45, 2.75) is 13.3 Å². The van der Waals surface area contributed by atoms with Crippen LogP contribution < -0.4 is 0 Å². The van der Waals surface area contributed by atoms with Crippen LogP contribution in [0.5, 0.6) is 0 Å². The van der Waals surface area contributed by atoms with Crippen molar-refractivity contribution in [3.63, 3.8) is 0 Å². The average molecular weight is 72.1 g/mol. The predicted octanol–water partition coefficient (Wildman–Crippen LogP) is 1.43. The standard InChI is InChI=1S/C3H8N2/c1-2-3-5-4/h4H,2-3H2,1H3. The third kappa shape index (κ3) is 3.60. The van der Waals surface area contributed by atoms with Gasteiger partial charge in [0.2, 0.25) is 0 Å². The van der Waals surface area contributed by atoms with Gasteiger partial charge in [0.1, 0.15) is 0 Å². The SMILES string of the molecule is CCCN=N. The van der Waals surface area contributed by atoms with E-state index in [2.05, 4.69) is 5.11 Å². The van der Waals surface area contributed by atoms with E-state index in [4.69, 9.17) is 5.53 Å². The Morgan fingerprint density at radius 3 is 2.40 bits per heavy atom. The molecule has 0 saturated carbocycles. The van der Waals surface area contributed by atoms with Crippen LogP contribution in [-0.4, -0.2) is 6.54 Å². The van der Waals surface area contributed by atoms with Crippen molar-refractivity contribution in [1.29, 1.82) is 5.53 Å². The zero-order chi connectivity index (χ0) is 4.12. The van der Waals surface area contributed by atoms with Gasteiger partial charge < -0.3 is 0 Å². The van der Waals surface area contributed by atoms with Gasteiger partial charge in [-0.05, 0) is 6.42 Å². The first kappa shape index (κ1) is 4.60. The number of hydrogen-bond acceptors (Lipinski definition) is 2. The molecule has 0 saturated heterocycles. The van der Waals surface area contributed by atoms with Gasteiger partial charge in [-0.2, -0.15) is 5.11 Å². The molecule has 5 heavy (non-hydrogen) atoms. The van der Waals surface area contributed by atoms with Crippen LogP contribution in [-0.2, 0) is 0 Å². The first-order valence-corrected chi connectivity index (χ1v) is 1.75. The highest BCUT2D eigenvalue weighted by Crippen LogP contribution is 1.71. The molecule has 0 aromatic rings. The van der Waals surface area contributed by atoms with Crippen LogP contribution in [0.1, 0.15) is 13.3 Å². The second kappa shape index (κ2) is 3.60. The lowest BCUT2D eigenvalue weighted by atomic mass is 10.5. The molecule has 30 valence electrons. The fourth-order valence-corrected chi connectivity index (χ4v) is 0.112. The van der Waals surface area contributed by atoms with E-state index in [-0.39, 0.29) is 0 Å². The molecule has 0 aliphatic carbocycles. The zero-order valence-electron chi connectivity index (χ0n) is 3.36. The molecule has 1 N–H and O–H groups in total. The second-order valence-electron chi connectivity index (χ2n) is 0.882. The topological polar surface area (TPSA) is 36.2 Å². The lowest BCUT2D eigenvalue weighted by Gasteiger charge is -1.71. The minimum Gasteiger partial charge on any atom is -0.210 e. The van der Waals surface area contributed by atoms with Gasteiger partial charge >= 0.3 is 0 Å². The molecule has 0 amide bonds. The first-order chi connectivity index (χ1) is 2.41. The van der Waals surface area contributed by atoms with Crippen LogP contribution >= 0.6 is 0 Å². The lowest BCUT2D eigenvalue weighted by molar-refractivity contribution is 0.844. The number of rotatable bonds is 2. The predicted molar refractivity (Wildman–Crippen MR) is 20.3 cm³/mol. The Kier molecular flexibility index (Phi) is 3.31. The second-order valence-corrected chi connectivity index (χ2v) is 0.882. The van der Waals surface area contributed by atoms with E-state index in [1.165, 1.54) is 0 Å². The van der Waals surface area contributed by atoms with Gasteiger partial charge in [0.25, 0.3) is 0 Å². The fraction of sp³-hybridized carbons (Fsp3) is 1.00. The molecule has 2 heteroatoms. The Morgan fingerprint density at radius 1 is 1.80 bits per heavy atom. The number of nitrogens with one attached hydrogen (secondary N) is 1. The normalized spacial score (nSPS) is 7.40. The van der Waals surface area contributed by atoms with E-state index in [0.29, 0.717) is 6.54 Å². The van der Waals surface area contributed by atoms with Gasteiger partial charge in [0.05, 0.1) is 6.54 Å². The summed E-state index contributed by atoms with van der Waals surface area (Å²) in [5.74, 6) is 0. The molecule has 0 rings (SSSR count). The van der Waals surface area contributed by atoms with Crippen molar-refractivity contribution < 1.29 is 0 Å². The molecule has 0 fully saturated rings. The van der Waals surface area contributed by atoms with Gasteiger partial charge in [0.15, 0.2) is 0 Å². The van der Waals surface area contributed by atoms with E-state index in [1.807, 2.05) is 6.92 Å². The average Bonchev–Trinajstić information content (AvgIpc) is 1.41. The van der Waals surface area contributed by atoms with Gasteiger partial charge in [-0.25, -0.2) is 5.53 Å². The molecule has 0 aliphatic heterocycles. The van der Waals surface area contributed by atoms with E-state index in [1.54, 1.807) is 0 Å². The number of hydrogen-bond donors (Lipinski definition) is 1. The monoisotopic (exact) mass is 72.1 g/mol. The summed E-state index contributed by atoms with van der Waals surface area (Å²) in [5, 5.41) is 3.10. The smallest absolute Gasteiger partial charge is 0.0593 e. The first-order valence-electron chi connectivity index (χ1n) is 1.75. The maximum atomic E-state index is 6.23. The van der Waals surface area contributed by atoms with Crippen LogP contribution in [0.25, 0.3) is 0 Å². The van der Waals surface area contributed by atoms with Crippen LogP contribution in [0.4, 0.5) is 0 Å². The lowest BCUT2D eigenvalue weighted by Crippen LogP contribution is -1.65. The molecule has 0 unspecified atom stereocenters. The minimum atomic E-state index is 0.681. The molecule has 0 heterocycles. The summed E-state index contributed by atoms with van der Waals surface area (Å²) in [4.78, 5) is 0. The van der Waals surface area contributed by atoms with Crippen molar-refractivity contribution in [3.8, 4) is 0 Å². The third-order valence-corrected chi connectivity index (χ3v) is 0.335. The Bertz CT molecular complexity index is 26.1. The molecule has 0 atom stereocenters. The van der Waals surface area contributed by atoms with Crippen molar-refractivity contribution in [2.24, 2.45) is 5.11 Å². The van der Waals surface area contributed by atoms with E-state index in [9.17, 15) is 0 Å². The van der Waals surface area contributed by atoms with Crippen LogP contribution in [0.2, 0.25) is 0 Å². The molecule has 0 aromatic heterocycles. The molecule has 2 nitrogen and oxygen atoms in total. The van der Waals surface area contributed by atoms with Crippen molar-refractivity contribution in [2.75, 3.05) is 6.54 Å². The molecular weight excluding hydrogens is 64.0 g/mol. The Hall–Kier alpha value is -0.400. The molecular formula is C3H8N2. The van der Waals surface area contributed by atoms with Crippen LogP contribution in [0.3, 0.4) is 0 Å². The van der Waals surface area contributed by atoms with Crippen LogP contribution in [0.15, 0.2) is 5.11 Å². The van der Waals surface area contributed by atoms with E-state index >= 15 is 0 Å². The Balaban J connectivity index is 2.40. The van der Waals surface area contributed by atoms with Gasteiger partial charge in [0, 0.05) is 0 Å². The molecule has 0 aromatic carbocycles. The Morgan fingerprint density at radius 2 is 2.40 bits per heavy atom. The van der Waals surface area contributed by atoms with Crippen molar-refractivity contribution in [3.05, 3.63) is 0 Å². The van der Waals surface area contributed by atoms with E-state index in [0.717, 1.165) is 6.42 Å². The number of nitrogens with zero attached hydrogens (tertiary/aromatic N) is 1. The summed E-state index contributed by atoms with van der Waals surface area (Å²) >= 11 is 0. The largest absolute Gasteiger partial charge is 0.210 e. The molecule has 0 aliphatic rings. The van der Waals surface area contributed by atoms with Gasteiger partial charge in [-0.3, -0.25) is 0 Å². The Labute approximate surface area is 31.7 Å². The zero-order valence-corrected chi connectivity index (χ0v) is 3.36. The van der Waals surface area contributed by atoms with Crippen molar-refractivity contribution in [1.82, 2.24) is 0 Å². The fourth-order valence-electron chi connectivity index (χ4n) is 0.112. The van der Waals surface area contributed by atoms with Gasteiger partial charge in [-0.1, -0.05) is 6.92 Å². The summed E-state index contributed by atoms with van der Waals surface area (Å²) in [5.41, 5.74) is 6.23. The molecule has 0 bridgehead atoms. The summed E-state index contributed by atoms with van der Waals surface area (Å²) in [6, 6.07) is 0. The highest BCUT2D eigenvalue weighted by Gasteiger charge is 1.63.